The van der Waals surface area contributed by atoms with E-state index in [0.717, 1.165) is 25.3 Å². The fourth-order valence-corrected chi connectivity index (χ4v) is 2.76. The lowest BCUT2D eigenvalue weighted by Crippen LogP contribution is -2.24. The Bertz CT molecular complexity index is 529. The molecule has 3 rings (SSSR count). The van der Waals surface area contributed by atoms with Crippen LogP contribution in [0.3, 0.4) is 0 Å². The van der Waals surface area contributed by atoms with E-state index in [1.165, 1.54) is 37.1 Å². The first-order valence-corrected chi connectivity index (χ1v) is 7.88. The molecule has 1 aliphatic rings. The maximum atomic E-state index is 5.83. The van der Waals surface area contributed by atoms with Gasteiger partial charge in [0.05, 0.1) is 0 Å². The van der Waals surface area contributed by atoms with Gasteiger partial charge in [-0.1, -0.05) is 42.5 Å². The molecular weight excluding hydrogens is 258 g/mol. The van der Waals surface area contributed by atoms with E-state index in [4.69, 9.17) is 4.74 Å². The molecule has 0 N–H and O–H groups in total. The van der Waals surface area contributed by atoms with Crippen LogP contribution in [0.15, 0.2) is 54.6 Å². The Hall–Kier alpha value is -1.80. The van der Waals surface area contributed by atoms with Crippen molar-refractivity contribution in [2.45, 2.75) is 25.7 Å². The first-order valence-electron chi connectivity index (χ1n) is 7.88. The van der Waals surface area contributed by atoms with Gasteiger partial charge < -0.3 is 4.74 Å². The molecule has 0 saturated carbocycles. The minimum absolute atomic E-state index is 0.726. The van der Waals surface area contributed by atoms with Gasteiger partial charge in [0.1, 0.15) is 12.5 Å². The summed E-state index contributed by atoms with van der Waals surface area (Å²) < 4.78 is 5.83. The number of aryl methyl sites for hydroxylation is 2. The van der Waals surface area contributed by atoms with Crippen LogP contribution in [0.5, 0.6) is 5.75 Å². The minimum atomic E-state index is 0.726. The van der Waals surface area contributed by atoms with Crippen molar-refractivity contribution >= 4 is 0 Å². The first kappa shape index (κ1) is 14.2. The molecule has 2 heteroatoms. The molecule has 0 unspecified atom stereocenters. The highest BCUT2D eigenvalue weighted by Crippen LogP contribution is 2.15. The summed E-state index contributed by atoms with van der Waals surface area (Å²) in [6.07, 6.45) is 4.79. The van der Waals surface area contributed by atoms with E-state index in [1.54, 1.807) is 0 Å². The lowest BCUT2D eigenvalue weighted by Gasteiger charge is -2.15. The van der Waals surface area contributed by atoms with Gasteiger partial charge in [0.25, 0.3) is 0 Å². The predicted molar refractivity (Wildman–Crippen MR) is 86.6 cm³/mol. The smallest absolute Gasteiger partial charge is 0.142 e. The highest BCUT2D eigenvalue weighted by atomic mass is 16.5. The third-order valence-corrected chi connectivity index (χ3v) is 4.08. The van der Waals surface area contributed by atoms with Gasteiger partial charge in [0.2, 0.25) is 0 Å². The van der Waals surface area contributed by atoms with Gasteiger partial charge in [-0.15, -0.1) is 0 Å². The summed E-state index contributed by atoms with van der Waals surface area (Å²) in [5.41, 5.74) is 2.76. The lowest BCUT2D eigenvalue weighted by molar-refractivity contribution is 0.152. The van der Waals surface area contributed by atoms with Crippen LogP contribution in [0.25, 0.3) is 0 Å². The number of hydrogen-bond donors (Lipinski definition) is 0. The van der Waals surface area contributed by atoms with Gasteiger partial charge in [-0.2, -0.15) is 0 Å². The summed E-state index contributed by atoms with van der Waals surface area (Å²) in [7, 11) is 0. The van der Waals surface area contributed by atoms with E-state index in [-0.39, 0.29) is 0 Å². The number of rotatable bonds is 6. The van der Waals surface area contributed by atoms with Crippen molar-refractivity contribution in [2.75, 3.05) is 19.8 Å². The quantitative estimate of drug-likeness (QED) is 0.796. The van der Waals surface area contributed by atoms with Crippen molar-refractivity contribution in [3.63, 3.8) is 0 Å². The molecule has 21 heavy (non-hydrogen) atoms. The maximum Gasteiger partial charge on any atom is 0.142 e. The monoisotopic (exact) mass is 281 g/mol. The SMILES string of the molecule is c1ccc(CCc2ccc(OCN3CCCC3)cc2)cc1. The lowest BCUT2D eigenvalue weighted by atomic mass is 10.0. The van der Waals surface area contributed by atoms with Crippen LogP contribution in [0.1, 0.15) is 24.0 Å². The highest BCUT2D eigenvalue weighted by Gasteiger charge is 2.11. The zero-order valence-electron chi connectivity index (χ0n) is 12.5. The van der Waals surface area contributed by atoms with Crippen molar-refractivity contribution in [1.29, 1.82) is 0 Å². The fraction of sp³-hybridized carbons (Fsp3) is 0.368. The summed E-state index contributed by atoms with van der Waals surface area (Å²) in [4.78, 5) is 2.36. The average molecular weight is 281 g/mol. The van der Waals surface area contributed by atoms with Gasteiger partial charge in [0, 0.05) is 13.1 Å². The molecule has 1 fully saturated rings. The zero-order valence-corrected chi connectivity index (χ0v) is 12.5. The highest BCUT2D eigenvalue weighted by molar-refractivity contribution is 5.28. The van der Waals surface area contributed by atoms with Crippen LogP contribution < -0.4 is 4.74 Å². The molecule has 0 aromatic heterocycles. The average Bonchev–Trinajstić information content (AvgIpc) is 3.06. The summed E-state index contributed by atoms with van der Waals surface area (Å²) in [6.45, 7) is 3.08. The molecule has 0 atom stereocenters. The Morgan fingerprint density at radius 3 is 2.05 bits per heavy atom. The van der Waals surface area contributed by atoms with Crippen LogP contribution in [0, 0.1) is 0 Å². The van der Waals surface area contributed by atoms with E-state index in [0.29, 0.717) is 0 Å². The molecule has 1 aliphatic heterocycles. The number of likely N-dealkylation sites (tertiary alicyclic amines) is 1. The first-order chi connectivity index (χ1) is 10.4. The van der Waals surface area contributed by atoms with Crippen molar-refractivity contribution < 1.29 is 4.74 Å². The third kappa shape index (κ3) is 4.33. The molecule has 0 bridgehead atoms. The molecule has 0 amide bonds. The number of ether oxygens (including phenoxy) is 1. The molecule has 0 spiro atoms. The summed E-state index contributed by atoms with van der Waals surface area (Å²) in [5, 5.41) is 0. The van der Waals surface area contributed by atoms with E-state index in [2.05, 4.69) is 59.5 Å². The fourth-order valence-electron chi connectivity index (χ4n) is 2.76. The van der Waals surface area contributed by atoms with Gasteiger partial charge in [-0.25, -0.2) is 0 Å². The molecular formula is C19H23NO. The Morgan fingerprint density at radius 2 is 1.38 bits per heavy atom. The standard InChI is InChI=1S/C19H23NO/c1-2-6-17(7-3-1)8-9-18-10-12-19(13-11-18)21-16-20-14-4-5-15-20/h1-3,6-7,10-13H,4-5,8-9,14-16H2. The topological polar surface area (TPSA) is 12.5 Å². The molecule has 2 aromatic carbocycles. The molecule has 0 aliphatic carbocycles. The summed E-state index contributed by atoms with van der Waals surface area (Å²) in [6, 6.07) is 19.2. The minimum Gasteiger partial charge on any atom is -0.478 e. The van der Waals surface area contributed by atoms with E-state index in [1.807, 2.05) is 0 Å². The van der Waals surface area contributed by atoms with Crippen molar-refractivity contribution in [1.82, 2.24) is 4.90 Å². The number of hydrogen-bond acceptors (Lipinski definition) is 2. The molecule has 1 saturated heterocycles. The van der Waals surface area contributed by atoms with Crippen molar-refractivity contribution in [3.8, 4) is 5.75 Å². The molecule has 110 valence electrons. The number of nitrogens with zero attached hydrogens (tertiary/aromatic N) is 1. The van der Waals surface area contributed by atoms with Crippen molar-refractivity contribution in [3.05, 3.63) is 65.7 Å². The zero-order chi connectivity index (χ0) is 14.3. The summed E-state index contributed by atoms with van der Waals surface area (Å²) in [5.74, 6) is 0.977. The van der Waals surface area contributed by atoms with Crippen LogP contribution in [-0.2, 0) is 12.8 Å². The molecule has 2 aromatic rings. The number of benzene rings is 2. The van der Waals surface area contributed by atoms with Crippen LogP contribution >= 0.6 is 0 Å². The van der Waals surface area contributed by atoms with Gasteiger partial charge in [0.15, 0.2) is 0 Å². The van der Waals surface area contributed by atoms with Crippen LogP contribution in [0.2, 0.25) is 0 Å². The second-order valence-corrected chi connectivity index (χ2v) is 5.73. The van der Waals surface area contributed by atoms with E-state index in [9.17, 15) is 0 Å². The molecule has 1 heterocycles. The Kier molecular flexibility index (Phi) is 4.90. The molecule has 2 nitrogen and oxygen atoms in total. The predicted octanol–water partition coefficient (Wildman–Crippen LogP) is 3.90. The van der Waals surface area contributed by atoms with E-state index < -0.39 is 0 Å². The second-order valence-electron chi connectivity index (χ2n) is 5.73. The van der Waals surface area contributed by atoms with Crippen molar-refractivity contribution in [2.24, 2.45) is 0 Å². The Balaban J connectivity index is 1.47. The molecule has 0 radical (unpaired) electrons. The maximum absolute atomic E-state index is 5.83. The summed E-state index contributed by atoms with van der Waals surface area (Å²) >= 11 is 0. The second kappa shape index (κ2) is 7.28. The van der Waals surface area contributed by atoms with Gasteiger partial charge >= 0.3 is 0 Å². The van der Waals surface area contributed by atoms with Crippen LogP contribution in [-0.4, -0.2) is 24.7 Å². The normalized spacial score (nSPS) is 15.2. The van der Waals surface area contributed by atoms with E-state index >= 15 is 0 Å². The Morgan fingerprint density at radius 1 is 0.762 bits per heavy atom. The van der Waals surface area contributed by atoms with Crippen LogP contribution in [0.4, 0.5) is 0 Å². The van der Waals surface area contributed by atoms with Gasteiger partial charge in [-0.05, 0) is 48.9 Å². The van der Waals surface area contributed by atoms with Gasteiger partial charge in [-0.3, -0.25) is 4.90 Å². The Labute approximate surface area is 127 Å². The third-order valence-electron chi connectivity index (χ3n) is 4.08. The largest absolute Gasteiger partial charge is 0.478 e.